The molecule has 3 unspecified atom stereocenters. The van der Waals surface area contributed by atoms with Crippen LogP contribution in [0, 0.1) is 5.92 Å². The van der Waals surface area contributed by atoms with E-state index in [1.54, 1.807) is 0 Å². The topological polar surface area (TPSA) is 47.3 Å². The maximum absolute atomic E-state index is 5.63. The van der Waals surface area contributed by atoms with Gasteiger partial charge in [-0.3, -0.25) is 11.3 Å². The zero-order valence-corrected chi connectivity index (χ0v) is 10.5. The van der Waals surface area contributed by atoms with E-state index in [2.05, 4.69) is 18.9 Å². The van der Waals surface area contributed by atoms with E-state index in [1.807, 2.05) is 6.08 Å². The van der Waals surface area contributed by atoms with E-state index < -0.39 is 0 Å². The summed E-state index contributed by atoms with van der Waals surface area (Å²) in [6.07, 6.45) is 9.54. The van der Waals surface area contributed by atoms with Crippen molar-refractivity contribution in [1.82, 2.24) is 5.43 Å². The van der Waals surface area contributed by atoms with Crippen LogP contribution >= 0.6 is 0 Å². The number of allylic oxidation sites excluding steroid dienone is 1. The fourth-order valence-electron chi connectivity index (χ4n) is 2.53. The highest BCUT2D eigenvalue weighted by Gasteiger charge is 2.30. The largest absolute Gasteiger partial charge is 0.378 e. The molecule has 1 heterocycles. The number of hydrogen-bond acceptors (Lipinski definition) is 3. The van der Waals surface area contributed by atoms with Gasteiger partial charge in [0.1, 0.15) is 0 Å². The molecule has 16 heavy (non-hydrogen) atoms. The number of rotatable bonds is 8. The van der Waals surface area contributed by atoms with Gasteiger partial charge in [-0.2, -0.15) is 0 Å². The molecule has 1 saturated heterocycles. The minimum absolute atomic E-state index is 0.356. The quantitative estimate of drug-likeness (QED) is 0.289. The molecule has 0 spiro atoms. The molecular weight excluding hydrogens is 200 g/mol. The van der Waals surface area contributed by atoms with Crippen molar-refractivity contribution in [2.75, 3.05) is 6.61 Å². The highest BCUT2D eigenvalue weighted by atomic mass is 16.5. The van der Waals surface area contributed by atoms with Gasteiger partial charge in [-0.1, -0.05) is 18.9 Å². The van der Waals surface area contributed by atoms with Gasteiger partial charge < -0.3 is 4.74 Å². The Morgan fingerprint density at radius 1 is 1.50 bits per heavy atom. The second-order valence-corrected chi connectivity index (χ2v) is 4.73. The molecule has 3 atom stereocenters. The Bertz CT molecular complexity index is 196. The lowest BCUT2D eigenvalue weighted by molar-refractivity contribution is 0.0939. The maximum atomic E-state index is 5.63. The molecule has 1 aliphatic rings. The van der Waals surface area contributed by atoms with Crippen molar-refractivity contribution in [2.45, 2.75) is 57.6 Å². The number of unbranched alkanes of at least 4 members (excludes halogenated alkanes) is 3. The monoisotopic (exact) mass is 226 g/mol. The van der Waals surface area contributed by atoms with E-state index in [-0.39, 0.29) is 0 Å². The first kappa shape index (κ1) is 13.7. The van der Waals surface area contributed by atoms with Crippen molar-refractivity contribution < 1.29 is 4.74 Å². The summed E-state index contributed by atoms with van der Waals surface area (Å²) < 4.78 is 5.58. The SMILES string of the molecule is C=CCCCCCC(NN)C1CCOC1C. The molecule has 3 N–H and O–H groups in total. The van der Waals surface area contributed by atoms with Gasteiger partial charge >= 0.3 is 0 Å². The van der Waals surface area contributed by atoms with E-state index in [9.17, 15) is 0 Å². The van der Waals surface area contributed by atoms with Crippen LogP contribution in [0.3, 0.4) is 0 Å². The van der Waals surface area contributed by atoms with Gasteiger partial charge in [-0.15, -0.1) is 6.58 Å². The molecule has 0 aromatic rings. The normalized spacial score (nSPS) is 26.9. The third kappa shape index (κ3) is 4.24. The summed E-state index contributed by atoms with van der Waals surface area (Å²) >= 11 is 0. The predicted octanol–water partition coefficient (Wildman–Crippen LogP) is 2.38. The van der Waals surface area contributed by atoms with E-state index >= 15 is 0 Å². The molecule has 1 fully saturated rings. The number of nitrogens with two attached hydrogens (primary N) is 1. The van der Waals surface area contributed by atoms with Crippen LogP contribution in [0.1, 0.15) is 45.4 Å². The third-order valence-corrected chi connectivity index (χ3v) is 3.59. The van der Waals surface area contributed by atoms with Gasteiger partial charge in [0.15, 0.2) is 0 Å². The van der Waals surface area contributed by atoms with Crippen molar-refractivity contribution in [1.29, 1.82) is 0 Å². The summed E-state index contributed by atoms with van der Waals surface area (Å²) in [5, 5.41) is 0. The Balaban J connectivity index is 2.18. The number of nitrogens with one attached hydrogen (secondary N) is 1. The van der Waals surface area contributed by atoms with E-state index in [4.69, 9.17) is 10.6 Å². The summed E-state index contributed by atoms with van der Waals surface area (Å²) in [6, 6.07) is 0.418. The zero-order valence-electron chi connectivity index (χ0n) is 10.5. The Morgan fingerprint density at radius 3 is 2.88 bits per heavy atom. The summed E-state index contributed by atoms with van der Waals surface area (Å²) in [5.41, 5.74) is 2.97. The lowest BCUT2D eigenvalue weighted by Gasteiger charge is -2.25. The molecule has 0 bridgehead atoms. The molecule has 3 heteroatoms. The predicted molar refractivity (Wildman–Crippen MR) is 67.9 cm³/mol. The maximum Gasteiger partial charge on any atom is 0.0591 e. The lowest BCUT2D eigenvalue weighted by atomic mass is 9.90. The van der Waals surface area contributed by atoms with Crippen LogP contribution in [-0.4, -0.2) is 18.8 Å². The van der Waals surface area contributed by atoms with Gasteiger partial charge in [0.05, 0.1) is 6.10 Å². The molecule has 0 radical (unpaired) electrons. The smallest absolute Gasteiger partial charge is 0.0591 e. The van der Waals surface area contributed by atoms with Gasteiger partial charge in [0, 0.05) is 18.6 Å². The average molecular weight is 226 g/mol. The van der Waals surface area contributed by atoms with Gasteiger partial charge in [0.2, 0.25) is 0 Å². The van der Waals surface area contributed by atoms with E-state index in [1.165, 1.54) is 19.3 Å². The molecular formula is C13H26N2O. The van der Waals surface area contributed by atoms with Gasteiger partial charge in [-0.25, -0.2) is 0 Å². The van der Waals surface area contributed by atoms with Crippen molar-refractivity contribution >= 4 is 0 Å². The first-order chi connectivity index (χ1) is 7.79. The van der Waals surface area contributed by atoms with Gasteiger partial charge in [0.25, 0.3) is 0 Å². The van der Waals surface area contributed by atoms with Crippen LogP contribution < -0.4 is 11.3 Å². The molecule has 1 aliphatic heterocycles. The van der Waals surface area contributed by atoms with Crippen molar-refractivity contribution in [3.8, 4) is 0 Å². The second-order valence-electron chi connectivity index (χ2n) is 4.73. The zero-order chi connectivity index (χ0) is 11.8. The Morgan fingerprint density at radius 2 is 2.31 bits per heavy atom. The molecule has 0 aliphatic carbocycles. The van der Waals surface area contributed by atoms with E-state index in [0.717, 1.165) is 25.9 Å². The summed E-state index contributed by atoms with van der Waals surface area (Å²) in [4.78, 5) is 0. The molecule has 3 nitrogen and oxygen atoms in total. The van der Waals surface area contributed by atoms with Crippen LogP contribution in [0.2, 0.25) is 0 Å². The van der Waals surface area contributed by atoms with Crippen molar-refractivity contribution in [2.24, 2.45) is 11.8 Å². The Kier molecular flexibility index (Phi) is 6.69. The first-order valence-electron chi connectivity index (χ1n) is 6.48. The highest BCUT2D eigenvalue weighted by Crippen LogP contribution is 2.26. The molecule has 94 valence electrons. The minimum atomic E-state index is 0.356. The Hall–Kier alpha value is -0.380. The molecule has 0 aromatic heterocycles. The Labute approximate surface area is 99.4 Å². The van der Waals surface area contributed by atoms with Crippen molar-refractivity contribution in [3.05, 3.63) is 12.7 Å². The van der Waals surface area contributed by atoms with E-state index in [0.29, 0.717) is 18.1 Å². The van der Waals surface area contributed by atoms with Crippen LogP contribution in [0.15, 0.2) is 12.7 Å². The molecule has 0 aromatic carbocycles. The summed E-state index contributed by atoms with van der Waals surface area (Å²) in [6.45, 7) is 6.78. The molecule has 0 saturated carbocycles. The van der Waals surface area contributed by atoms with Gasteiger partial charge in [-0.05, 0) is 32.6 Å². The average Bonchev–Trinajstić information content (AvgIpc) is 2.70. The summed E-state index contributed by atoms with van der Waals surface area (Å²) in [7, 11) is 0. The minimum Gasteiger partial charge on any atom is -0.378 e. The first-order valence-corrected chi connectivity index (χ1v) is 6.48. The van der Waals surface area contributed by atoms with Crippen LogP contribution in [0.25, 0.3) is 0 Å². The number of hydrogen-bond donors (Lipinski definition) is 2. The standard InChI is InChI=1S/C13H26N2O/c1-3-4-5-6-7-8-13(15-14)12-9-10-16-11(12)2/h3,11-13,15H,1,4-10,14H2,2H3. The third-order valence-electron chi connectivity index (χ3n) is 3.59. The summed E-state index contributed by atoms with van der Waals surface area (Å²) in [5.74, 6) is 6.22. The lowest BCUT2D eigenvalue weighted by Crippen LogP contribution is -2.43. The van der Waals surface area contributed by atoms with Crippen molar-refractivity contribution in [3.63, 3.8) is 0 Å². The molecule has 0 amide bonds. The number of hydrazine groups is 1. The highest BCUT2D eigenvalue weighted by molar-refractivity contribution is 4.83. The van der Waals surface area contributed by atoms with Crippen LogP contribution in [0.5, 0.6) is 0 Å². The fraction of sp³-hybridized carbons (Fsp3) is 0.846. The van der Waals surface area contributed by atoms with Crippen LogP contribution in [0.4, 0.5) is 0 Å². The fourth-order valence-corrected chi connectivity index (χ4v) is 2.53. The second kappa shape index (κ2) is 7.82. The number of ether oxygens (including phenoxy) is 1. The van der Waals surface area contributed by atoms with Crippen LogP contribution in [-0.2, 0) is 4.74 Å². The molecule has 1 rings (SSSR count).